The summed E-state index contributed by atoms with van der Waals surface area (Å²) in [5, 5.41) is 8.17. The third-order valence-electron chi connectivity index (χ3n) is 3.30. The highest BCUT2D eigenvalue weighted by atomic mass is 35.5. The van der Waals surface area contributed by atoms with E-state index >= 15 is 0 Å². The number of nitrogens with one attached hydrogen (secondary N) is 1. The van der Waals surface area contributed by atoms with Gasteiger partial charge in [-0.2, -0.15) is 4.31 Å². The Morgan fingerprint density at radius 2 is 1.90 bits per heavy atom. The van der Waals surface area contributed by atoms with Gasteiger partial charge in [-0.05, 0) is 18.2 Å². The molecule has 0 saturated carbocycles. The molecule has 1 heterocycles. The average Bonchev–Trinajstić information content (AvgIpc) is 2.37. The van der Waals surface area contributed by atoms with Crippen LogP contribution in [0.3, 0.4) is 0 Å². The van der Waals surface area contributed by atoms with Crippen LogP contribution in [0.4, 0.5) is 5.69 Å². The second-order valence-electron chi connectivity index (χ2n) is 4.72. The zero-order chi connectivity index (χ0) is 14.9. The van der Waals surface area contributed by atoms with Crippen LogP contribution in [0, 0.1) is 5.41 Å². The summed E-state index contributed by atoms with van der Waals surface area (Å²) in [5.74, 6) is -0.0257. The highest BCUT2D eigenvalue weighted by Gasteiger charge is 2.25. The van der Waals surface area contributed by atoms with Crippen LogP contribution in [0.15, 0.2) is 18.2 Å². The van der Waals surface area contributed by atoms with Gasteiger partial charge in [0, 0.05) is 42.5 Å². The molecular weight excluding hydrogens is 300 g/mol. The molecule has 0 amide bonds. The van der Waals surface area contributed by atoms with Gasteiger partial charge in [-0.1, -0.05) is 11.6 Å². The monoisotopic (exact) mass is 316 g/mol. The number of nitrogens with two attached hydrogens (primary N) is 1. The van der Waals surface area contributed by atoms with E-state index in [1.807, 2.05) is 4.90 Å². The summed E-state index contributed by atoms with van der Waals surface area (Å²) in [5.41, 5.74) is 6.96. The van der Waals surface area contributed by atoms with Crippen molar-refractivity contribution in [2.45, 2.75) is 0 Å². The molecule has 1 saturated heterocycles. The number of nitrogens with zero attached hydrogens (tertiary/aromatic N) is 2. The molecule has 2 rings (SSSR count). The molecule has 1 fully saturated rings. The predicted octanol–water partition coefficient (Wildman–Crippen LogP) is 0.706. The lowest BCUT2D eigenvalue weighted by atomic mass is 10.1. The van der Waals surface area contributed by atoms with E-state index < -0.39 is 10.0 Å². The molecule has 0 bridgehead atoms. The van der Waals surface area contributed by atoms with E-state index in [4.69, 9.17) is 22.7 Å². The van der Waals surface area contributed by atoms with Crippen molar-refractivity contribution in [3.63, 3.8) is 0 Å². The van der Waals surface area contributed by atoms with Crippen molar-refractivity contribution in [1.29, 1.82) is 5.41 Å². The van der Waals surface area contributed by atoms with Gasteiger partial charge in [-0.3, -0.25) is 5.41 Å². The van der Waals surface area contributed by atoms with Crippen LogP contribution in [0.5, 0.6) is 0 Å². The summed E-state index contributed by atoms with van der Waals surface area (Å²) in [7, 11) is -3.15. The quantitative estimate of drug-likeness (QED) is 0.634. The largest absolute Gasteiger partial charge is 0.384 e. The van der Waals surface area contributed by atoms with E-state index in [-0.39, 0.29) is 5.84 Å². The molecular formula is C12H17ClN4O2S. The molecule has 0 atom stereocenters. The lowest BCUT2D eigenvalue weighted by molar-refractivity contribution is 0.388. The minimum atomic E-state index is -3.15. The van der Waals surface area contributed by atoms with Crippen LogP contribution >= 0.6 is 11.6 Å². The first kappa shape index (κ1) is 15.1. The van der Waals surface area contributed by atoms with Crippen molar-refractivity contribution in [2.24, 2.45) is 5.73 Å². The second-order valence-corrected chi connectivity index (χ2v) is 7.14. The first-order valence-electron chi connectivity index (χ1n) is 6.13. The Kier molecular flexibility index (Phi) is 4.22. The maximum atomic E-state index is 11.5. The summed E-state index contributed by atoms with van der Waals surface area (Å²) >= 11 is 6.00. The highest BCUT2D eigenvalue weighted by molar-refractivity contribution is 7.88. The summed E-state index contributed by atoms with van der Waals surface area (Å²) in [6.07, 6.45) is 1.21. The number of rotatable bonds is 3. The molecule has 0 unspecified atom stereocenters. The molecule has 1 aliphatic heterocycles. The molecule has 3 N–H and O–H groups in total. The first-order valence-corrected chi connectivity index (χ1v) is 8.35. The van der Waals surface area contributed by atoms with Crippen molar-refractivity contribution in [1.82, 2.24) is 4.31 Å². The third kappa shape index (κ3) is 3.23. The number of piperazine rings is 1. The Labute approximate surface area is 123 Å². The number of halogens is 1. The third-order valence-corrected chi connectivity index (χ3v) is 4.84. The Balaban J connectivity index is 2.22. The Bertz CT molecular complexity index is 624. The van der Waals surface area contributed by atoms with Crippen LogP contribution in [0.2, 0.25) is 5.02 Å². The van der Waals surface area contributed by atoms with Crippen molar-refractivity contribution in [3.05, 3.63) is 28.8 Å². The van der Waals surface area contributed by atoms with Gasteiger partial charge in [0.2, 0.25) is 10.0 Å². The Morgan fingerprint density at radius 3 is 2.40 bits per heavy atom. The molecule has 20 heavy (non-hydrogen) atoms. The van der Waals surface area contributed by atoms with Crippen LogP contribution in [-0.2, 0) is 10.0 Å². The molecule has 0 aromatic heterocycles. The SMILES string of the molecule is CS(=O)(=O)N1CCN(c2cc(Cl)ccc2C(=N)N)CC1. The predicted molar refractivity (Wildman–Crippen MR) is 81.1 cm³/mol. The fraction of sp³-hybridized carbons (Fsp3) is 0.417. The molecule has 0 radical (unpaired) electrons. The van der Waals surface area contributed by atoms with Crippen molar-refractivity contribution in [3.8, 4) is 0 Å². The topological polar surface area (TPSA) is 90.5 Å². The molecule has 8 heteroatoms. The van der Waals surface area contributed by atoms with Crippen LogP contribution < -0.4 is 10.6 Å². The van der Waals surface area contributed by atoms with Gasteiger partial charge in [0.15, 0.2) is 0 Å². The Hall–Kier alpha value is -1.31. The molecule has 110 valence electrons. The van der Waals surface area contributed by atoms with E-state index in [2.05, 4.69) is 0 Å². The van der Waals surface area contributed by atoms with Gasteiger partial charge in [0.05, 0.1) is 6.26 Å². The van der Waals surface area contributed by atoms with E-state index in [1.54, 1.807) is 18.2 Å². The lowest BCUT2D eigenvalue weighted by Crippen LogP contribution is -2.48. The summed E-state index contributed by atoms with van der Waals surface area (Å²) < 4.78 is 24.4. The molecule has 1 aliphatic rings. The minimum Gasteiger partial charge on any atom is -0.384 e. The molecule has 6 nitrogen and oxygen atoms in total. The fourth-order valence-corrected chi connectivity index (χ4v) is 3.25. The van der Waals surface area contributed by atoms with Crippen LogP contribution in [0.25, 0.3) is 0 Å². The lowest BCUT2D eigenvalue weighted by Gasteiger charge is -2.35. The standard InChI is InChI=1S/C12H17ClN4O2S/c1-20(18,19)17-6-4-16(5-7-17)11-8-9(13)2-3-10(11)12(14)15/h2-3,8H,4-7H2,1H3,(H3,14,15). The van der Waals surface area contributed by atoms with Gasteiger partial charge < -0.3 is 10.6 Å². The maximum absolute atomic E-state index is 11.5. The first-order chi connectivity index (χ1) is 9.29. The normalized spacial score (nSPS) is 17.2. The van der Waals surface area contributed by atoms with Crippen molar-refractivity contribution >= 4 is 33.1 Å². The van der Waals surface area contributed by atoms with Gasteiger partial charge in [0.1, 0.15) is 5.84 Å². The zero-order valence-corrected chi connectivity index (χ0v) is 12.7. The molecule has 1 aromatic carbocycles. The number of anilines is 1. The van der Waals surface area contributed by atoms with Crippen molar-refractivity contribution < 1.29 is 8.42 Å². The van der Waals surface area contributed by atoms with Crippen molar-refractivity contribution in [2.75, 3.05) is 37.3 Å². The second kappa shape index (κ2) is 5.59. The van der Waals surface area contributed by atoms with E-state index in [1.165, 1.54) is 10.6 Å². The number of amidine groups is 1. The summed E-state index contributed by atoms with van der Waals surface area (Å²) in [4.78, 5) is 2.00. The van der Waals surface area contributed by atoms with E-state index in [0.29, 0.717) is 36.8 Å². The highest BCUT2D eigenvalue weighted by Crippen LogP contribution is 2.26. The molecule has 1 aromatic rings. The average molecular weight is 317 g/mol. The maximum Gasteiger partial charge on any atom is 0.211 e. The Morgan fingerprint density at radius 1 is 1.30 bits per heavy atom. The van der Waals surface area contributed by atoms with E-state index in [0.717, 1.165) is 5.69 Å². The summed E-state index contributed by atoms with van der Waals surface area (Å²) in [6, 6.07) is 5.16. The van der Waals surface area contributed by atoms with Gasteiger partial charge >= 0.3 is 0 Å². The minimum absolute atomic E-state index is 0.0257. The number of hydrogen-bond acceptors (Lipinski definition) is 4. The number of hydrogen-bond donors (Lipinski definition) is 2. The van der Waals surface area contributed by atoms with E-state index in [9.17, 15) is 8.42 Å². The summed E-state index contributed by atoms with van der Waals surface area (Å²) in [6.45, 7) is 1.94. The smallest absolute Gasteiger partial charge is 0.211 e. The molecule has 0 aliphatic carbocycles. The van der Waals surface area contributed by atoms with Crippen LogP contribution in [-0.4, -0.2) is 51.0 Å². The fourth-order valence-electron chi connectivity index (χ4n) is 2.25. The molecule has 0 spiro atoms. The zero-order valence-electron chi connectivity index (χ0n) is 11.1. The number of benzene rings is 1. The van der Waals surface area contributed by atoms with Gasteiger partial charge in [-0.25, -0.2) is 8.42 Å². The number of sulfonamides is 1. The van der Waals surface area contributed by atoms with Crippen LogP contribution in [0.1, 0.15) is 5.56 Å². The van der Waals surface area contributed by atoms with Gasteiger partial charge in [0.25, 0.3) is 0 Å². The van der Waals surface area contributed by atoms with Gasteiger partial charge in [-0.15, -0.1) is 0 Å². The number of nitrogen functional groups attached to an aromatic ring is 1.